The van der Waals surface area contributed by atoms with Gasteiger partial charge in [0.15, 0.2) is 0 Å². The molecule has 2 aromatic carbocycles. The molecule has 23 heavy (non-hydrogen) atoms. The van der Waals surface area contributed by atoms with Gasteiger partial charge in [0.25, 0.3) is 0 Å². The Labute approximate surface area is 139 Å². The number of urea groups is 1. The monoisotopic (exact) mass is 329 g/mol. The summed E-state index contributed by atoms with van der Waals surface area (Å²) in [4.78, 5) is 13.9. The Kier molecular flexibility index (Phi) is 5.98. The molecule has 6 heteroatoms. The molecule has 0 aliphatic carbocycles. The van der Waals surface area contributed by atoms with Crippen LogP contribution in [0.15, 0.2) is 48.5 Å². The predicted molar refractivity (Wildman–Crippen MR) is 89.1 cm³/mol. The van der Waals surface area contributed by atoms with E-state index in [-0.39, 0.29) is 24.2 Å². The fourth-order valence-electron chi connectivity index (χ4n) is 2.06. The Bertz CT molecular complexity index is 714. The van der Waals surface area contributed by atoms with Crippen molar-refractivity contribution in [2.75, 3.05) is 18.5 Å². The highest BCUT2D eigenvalue weighted by atomic mass is 35.5. The van der Waals surface area contributed by atoms with Crippen molar-refractivity contribution in [2.24, 2.45) is 0 Å². The number of amides is 2. The van der Waals surface area contributed by atoms with Gasteiger partial charge in [-0.3, -0.25) is 0 Å². The van der Waals surface area contributed by atoms with Crippen molar-refractivity contribution < 1.29 is 9.90 Å². The van der Waals surface area contributed by atoms with E-state index >= 15 is 0 Å². The predicted octanol–water partition coefficient (Wildman–Crippen LogP) is 3.24. The van der Waals surface area contributed by atoms with Crippen LogP contribution in [0.25, 0.3) is 0 Å². The van der Waals surface area contributed by atoms with Crippen LogP contribution in [-0.4, -0.2) is 29.2 Å². The number of aliphatic hydroxyl groups excluding tert-OH is 1. The number of anilines is 1. The minimum Gasteiger partial charge on any atom is -0.395 e. The lowest BCUT2D eigenvalue weighted by molar-refractivity contribution is 0.185. The average Bonchev–Trinajstić information content (AvgIpc) is 2.55. The molecule has 0 aliphatic heterocycles. The van der Waals surface area contributed by atoms with Crippen LogP contribution in [0.4, 0.5) is 10.5 Å². The first kappa shape index (κ1) is 16.8. The van der Waals surface area contributed by atoms with E-state index in [1.165, 1.54) is 11.0 Å². The summed E-state index contributed by atoms with van der Waals surface area (Å²) >= 11 is 5.96. The van der Waals surface area contributed by atoms with E-state index < -0.39 is 0 Å². The highest BCUT2D eigenvalue weighted by Gasteiger charge is 2.14. The van der Waals surface area contributed by atoms with Gasteiger partial charge in [-0.15, -0.1) is 0 Å². The molecule has 2 amide bonds. The average molecular weight is 330 g/mol. The standard InChI is InChI=1S/C17H16ClN3O2/c18-16-10-15(7-6-14(16)11-19)20-17(23)21(8-9-22)12-13-4-2-1-3-5-13/h1-7,10,22H,8-9,12H2,(H,20,23). The van der Waals surface area contributed by atoms with Gasteiger partial charge in [0, 0.05) is 18.8 Å². The Balaban J connectivity index is 2.09. The van der Waals surface area contributed by atoms with Crippen LogP contribution < -0.4 is 5.32 Å². The van der Waals surface area contributed by atoms with E-state index in [2.05, 4.69) is 5.32 Å². The third-order valence-electron chi connectivity index (χ3n) is 3.21. The zero-order valence-electron chi connectivity index (χ0n) is 12.4. The number of nitrogens with one attached hydrogen (secondary N) is 1. The van der Waals surface area contributed by atoms with Gasteiger partial charge in [-0.1, -0.05) is 41.9 Å². The first-order valence-corrected chi connectivity index (χ1v) is 7.42. The summed E-state index contributed by atoms with van der Waals surface area (Å²) in [5, 5.41) is 21.0. The fraction of sp³-hybridized carbons (Fsp3) is 0.176. The first-order valence-electron chi connectivity index (χ1n) is 7.04. The molecular formula is C17H16ClN3O2. The van der Waals surface area contributed by atoms with Crippen LogP contribution in [-0.2, 0) is 6.54 Å². The Morgan fingerprint density at radius 3 is 2.61 bits per heavy atom. The lowest BCUT2D eigenvalue weighted by atomic mass is 10.2. The highest BCUT2D eigenvalue weighted by Crippen LogP contribution is 2.20. The molecule has 0 unspecified atom stereocenters. The molecule has 0 aliphatic rings. The van der Waals surface area contributed by atoms with Crippen molar-refractivity contribution in [3.8, 4) is 6.07 Å². The van der Waals surface area contributed by atoms with Gasteiger partial charge in [-0.05, 0) is 23.8 Å². The van der Waals surface area contributed by atoms with Gasteiger partial charge >= 0.3 is 6.03 Å². The number of halogens is 1. The summed E-state index contributed by atoms with van der Waals surface area (Å²) in [6.45, 7) is 0.469. The number of carbonyl (C=O) groups excluding carboxylic acids is 1. The molecule has 0 aromatic heterocycles. The number of carbonyl (C=O) groups is 1. The van der Waals surface area contributed by atoms with Crippen molar-refractivity contribution in [1.82, 2.24) is 4.90 Å². The van der Waals surface area contributed by atoms with Crippen LogP contribution in [0, 0.1) is 11.3 Å². The smallest absolute Gasteiger partial charge is 0.322 e. The summed E-state index contributed by atoms with van der Waals surface area (Å²) in [6, 6.07) is 15.8. The Morgan fingerprint density at radius 1 is 1.26 bits per heavy atom. The third kappa shape index (κ3) is 4.71. The maximum absolute atomic E-state index is 12.4. The Morgan fingerprint density at radius 2 is 2.00 bits per heavy atom. The van der Waals surface area contributed by atoms with Crippen LogP contribution in [0.2, 0.25) is 5.02 Å². The van der Waals surface area contributed by atoms with E-state index in [1.54, 1.807) is 12.1 Å². The van der Waals surface area contributed by atoms with E-state index in [1.807, 2.05) is 36.4 Å². The molecule has 0 saturated heterocycles. The van der Waals surface area contributed by atoms with Gasteiger partial charge in [0.1, 0.15) is 6.07 Å². The minimum atomic E-state index is -0.344. The summed E-state index contributed by atoms with van der Waals surface area (Å²) in [5.41, 5.74) is 1.81. The largest absolute Gasteiger partial charge is 0.395 e. The van der Waals surface area contributed by atoms with Gasteiger partial charge in [-0.25, -0.2) is 4.79 Å². The summed E-state index contributed by atoms with van der Waals surface area (Å²) in [5.74, 6) is 0. The number of rotatable bonds is 5. The topological polar surface area (TPSA) is 76.4 Å². The first-order chi connectivity index (χ1) is 11.1. The molecule has 118 valence electrons. The van der Waals surface area contributed by atoms with Crippen molar-refractivity contribution in [3.05, 3.63) is 64.7 Å². The molecule has 5 nitrogen and oxygen atoms in total. The highest BCUT2D eigenvalue weighted by molar-refractivity contribution is 6.32. The molecule has 2 N–H and O–H groups in total. The van der Waals surface area contributed by atoms with E-state index in [0.717, 1.165) is 5.56 Å². The van der Waals surface area contributed by atoms with Gasteiger partial charge in [-0.2, -0.15) is 5.26 Å². The molecule has 0 spiro atoms. The van der Waals surface area contributed by atoms with Gasteiger partial charge < -0.3 is 15.3 Å². The van der Waals surface area contributed by atoms with E-state index in [9.17, 15) is 4.79 Å². The molecule has 0 saturated carbocycles. The number of nitrogens with zero attached hydrogens (tertiary/aromatic N) is 2. The number of nitriles is 1. The maximum atomic E-state index is 12.4. The lowest BCUT2D eigenvalue weighted by Crippen LogP contribution is -2.36. The second-order valence-electron chi connectivity index (χ2n) is 4.87. The fourth-order valence-corrected chi connectivity index (χ4v) is 2.29. The maximum Gasteiger partial charge on any atom is 0.322 e. The second-order valence-corrected chi connectivity index (χ2v) is 5.27. The van der Waals surface area contributed by atoms with Gasteiger partial charge in [0.2, 0.25) is 0 Å². The number of hydrogen-bond donors (Lipinski definition) is 2. The van der Waals surface area contributed by atoms with Crippen LogP contribution in [0.5, 0.6) is 0 Å². The molecule has 2 aromatic rings. The van der Waals surface area contributed by atoms with Crippen molar-refractivity contribution in [3.63, 3.8) is 0 Å². The van der Waals surface area contributed by atoms with Crippen molar-refractivity contribution in [1.29, 1.82) is 5.26 Å². The second kappa shape index (κ2) is 8.18. The number of benzene rings is 2. The zero-order valence-corrected chi connectivity index (χ0v) is 13.1. The van der Waals surface area contributed by atoms with E-state index in [0.29, 0.717) is 17.8 Å². The van der Waals surface area contributed by atoms with Gasteiger partial charge in [0.05, 0.1) is 17.2 Å². The number of hydrogen-bond acceptors (Lipinski definition) is 3. The molecule has 0 heterocycles. The quantitative estimate of drug-likeness (QED) is 0.884. The molecular weight excluding hydrogens is 314 g/mol. The van der Waals surface area contributed by atoms with Crippen LogP contribution in [0.1, 0.15) is 11.1 Å². The normalized spacial score (nSPS) is 9.96. The SMILES string of the molecule is N#Cc1ccc(NC(=O)N(CCO)Cc2ccccc2)cc1Cl. The zero-order chi connectivity index (χ0) is 16.7. The molecule has 2 rings (SSSR count). The lowest BCUT2D eigenvalue weighted by Gasteiger charge is -2.22. The van der Waals surface area contributed by atoms with Crippen LogP contribution >= 0.6 is 11.6 Å². The van der Waals surface area contributed by atoms with Crippen molar-refractivity contribution >= 4 is 23.3 Å². The van der Waals surface area contributed by atoms with Crippen molar-refractivity contribution in [2.45, 2.75) is 6.54 Å². The molecule has 0 atom stereocenters. The summed E-state index contributed by atoms with van der Waals surface area (Å²) < 4.78 is 0. The number of aliphatic hydroxyl groups is 1. The minimum absolute atomic E-state index is 0.131. The molecule has 0 bridgehead atoms. The summed E-state index contributed by atoms with van der Waals surface area (Å²) in [7, 11) is 0. The molecule has 0 radical (unpaired) electrons. The summed E-state index contributed by atoms with van der Waals surface area (Å²) in [6.07, 6.45) is 0. The third-order valence-corrected chi connectivity index (χ3v) is 3.53. The van der Waals surface area contributed by atoms with E-state index in [4.69, 9.17) is 22.0 Å². The molecule has 0 fully saturated rings. The Hall–Kier alpha value is -2.55. The van der Waals surface area contributed by atoms with Crippen LogP contribution in [0.3, 0.4) is 0 Å².